The molecule has 134 valence electrons. The van der Waals surface area contributed by atoms with Crippen LogP contribution in [0.3, 0.4) is 0 Å². The highest BCUT2D eigenvalue weighted by Gasteiger charge is 2.12. The molecule has 4 aromatic rings. The number of fused-ring (bicyclic) bond motifs is 2. The van der Waals surface area contributed by atoms with Gasteiger partial charge in [0.05, 0.1) is 5.69 Å². The second kappa shape index (κ2) is 6.25. The number of Topliss-reactive ketones (excluding diaryl/α,β-unsaturated/α-hetero) is 2. The second-order valence-electron chi connectivity index (χ2n) is 6.54. The molecule has 0 bridgehead atoms. The molecule has 2 heterocycles. The molecule has 27 heavy (non-hydrogen) atoms. The Kier molecular flexibility index (Phi) is 3.88. The average molecular weight is 359 g/mol. The van der Waals surface area contributed by atoms with E-state index in [1.54, 1.807) is 36.4 Å². The minimum absolute atomic E-state index is 0.0196. The number of nitrogens with one attached hydrogen (secondary N) is 3. The van der Waals surface area contributed by atoms with Crippen LogP contribution in [0.25, 0.3) is 21.8 Å². The van der Waals surface area contributed by atoms with E-state index in [4.69, 9.17) is 0 Å². The molecule has 1 amide bonds. The van der Waals surface area contributed by atoms with E-state index in [0.29, 0.717) is 22.6 Å². The molecule has 0 spiro atoms. The van der Waals surface area contributed by atoms with Crippen molar-refractivity contribution < 1.29 is 14.4 Å². The fourth-order valence-corrected chi connectivity index (χ4v) is 3.07. The van der Waals surface area contributed by atoms with Crippen molar-refractivity contribution >= 4 is 45.0 Å². The maximum absolute atomic E-state index is 12.6. The Morgan fingerprint density at radius 2 is 1.37 bits per heavy atom. The third-order valence-electron chi connectivity index (χ3n) is 4.53. The van der Waals surface area contributed by atoms with Crippen molar-refractivity contribution in [1.29, 1.82) is 0 Å². The third-order valence-corrected chi connectivity index (χ3v) is 4.53. The Bertz CT molecular complexity index is 1230. The lowest BCUT2D eigenvalue weighted by atomic mass is 10.1. The number of carbonyl (C=O) groups excluding carboxylic acids is 3. The van der Waals surface area contributed by atoms with Gasteiger partial charge in [0.1, 0.15) is 5.69 Å². The second-order valence-corrected chi connectivity index (χ2v) is 6.54. The normalized spacial score (nSPS) is 11.0. The van der Waals surface area contributed by atoms with E-state index in [9.17, 15) is 14.4 Å². The van der Waals surface area contributed by atoms with Crippen molar-refractivity contribution in [2.24, 2.45) is 0 Å². The van der Waals surface area contributed by atoms with Crippen LogP contribution in [0.5, 0.6) is 0 Å². The van der Waals surface area contributed by atoms with Crippen LogP contribution in [-0.4, -0.2) is 27.4 Å². The molecule has 0 saturated carbocycles. The molecule has 6 nitrogen and oxygen atoms in total. The molecule has 0 fully saturated rings. The zero-order valence-electron chi connectivity index (χ0n) is 14.8. The largest absolute Gasteiger partial charge is 0.352 e. The number of amides is 1. The first-order valence-corrected chi connectivity index (χ1v) is 8.49. The van der Waals surface area contributed by atoms with Crippen LogP contribution in [0, 0.1) is 0 Å². The van der Waals surface area contributed by atoms with Gasteiger partial charge in [0, 0.05) is 40.0 Å². The van der Waals surface area contributed by atoms with E-state index < -0.39 is 0 Å². The van der Waals surface area contributed by atoms with Crippen molar-refractivity contribution in [3.05, 3.63) is 65.5 Å². The van der Waals surface area contributed by atoms with Gasteiger partial charge in [-0.25, -0.2) is 0 Å². The average Bonchev–Trinajstić information content (AvgIpc) is 3.24. The maximum atomic E-state index is 12.6. The lowest BCUT2D eigenvalue weighted by Gasteiger charge is -2.03. The summed E-state index contributed by atoms with van der Waals surface area (Å²) in [6.45, 7) is 3.01. The smallest absolute Gasteiger partial charge is 0.272 e. The molecule has 0 atom stereocenters. The molecule has 2 aromatic carbocycles. The fourth-order valence-electron chi connectivity index (χ4n) is 3.07. The van der Waals surface area contributed by atoms with Crippen molar-refractivity contribution in [2.75, 3.05) is 5.32 Å². The summed E-state index contributed by atoms with van der Waals surface area (Å²) in [5.74, 6) is -0.342. The monoisotopic (exact) mass is 359 g/mol. The van der Waals surface area contributed by atoms with Gasteiger partial charge in [0.2, 0.25) is 0 Å². The predicted molar refractivity (Wildman–Crippen MR) is 105 cm³/mol. The zero-order chi connectivity index (χ0) is 19.1. The molecule has 0 aliphatic rings. The first kappa shape index (κ1) is 16.8. The summed E-state index contributed by atoms with van der Waals surface area (Å²) in [6.07, 6.45) is 0. The van der Waals surface area contributed by atoms with Crippen LogP contribution in [0.4, 0.5) is 5.69 Å². The molecule has 3 N–H and O–H groups in total. The molecule has 4 rings (SSSR count). The number of ketones is 2. The summed E-state index contributed by atoms with van der Waals surface area (Å²) in [7, 11) is 0. The molecule has 2 aromatic heterocycles. The SMILES string of the molecule is CC(=O)c1ccc2[nH]c(C(=O)Nc3ccc4[nH]c(C(C)=O)cc4c3)cc2c1. The topological polar surface area (TPSA) is 94.8 Å². The van der Waals surface area contributed by atoms with E-state index in [2.05, 4.69) is 15.3 Å². The van der Waals surface area contributed by atoms with E-state index in [-0.39, 0.29) is 17.5 Å². The first-order chi connectivity index (χ1) is 12.9. The van der Waals surface area contributed by atoms with Gasteiger partial charge >= 0.3 is 0 Å². The van der Waals surface area contributed by atoms with Crippen LogP contribution >= 0.6 is 0 Å². The fraction of sp³-hybridized carbons (Fsp3) is 0.0952. The first-order valence-electron chi connectivity index (χ1n) is 8.49. The van der Waals surface area contributed by atoms with Gasteiger partial charge in [0.15, 0.2) is 11.6 Å². The van der Waals surface area contributed by atoms with Crippen molar-refractivity contribution in [3.63, 3.8) is 0 Å². The Morgan fingerprint density at radius 3 is 2.07 bits per heavy atom. The van der Waals surface area contributed by atoms with Gasteiger partial charge in [-0.05, 0) is 55.5 Å². The van der Waals surface area contributed by atoms with Crippen molar-refractivity contribution in [1.82, 2.24) is 9.97 Å². The molecule has 0 saturated heterocycles. The van der Waals surface area contributed by atoms with Gasteiger partial charge < -0.3 is 15.3 Å². The maximum Gasteiger partial charge on any atom is 0.272 e. The highest BCUT2D eigenvalue weighted by Crippen LogP contribution is 2.22. The molecule has 0 radical (unpaired) electrons. The van der Waals surface area contributed by atoms with Gasteiger partial charge in [-0.15, -0.1) is 0 Å². The summed E-state index contributed by atoms with van der Waals surface area (Å²) in [5, 5.41) is 4.50. The molecule has 0 aliphatic heterocycles. The van der Waals surface area contributed by atoms with E-state index in [0.717, 1.165) is 21.8 Å². The summed E-state index contributed by atoms with van der Waals surface area (Å²) in [6, 6.07) is 14.2. The van der Waals surface area contributed by atoms with Gasteiger partial charge in [-0.3, -0.25) is 14.4 Å². The Hall–Kier alpha value is -3.67. The minimum atomic E-state index is -0.280. The Morgan fingerprint density at radius 1 is 0.741 bits per heavy atom. The lowest BCUT2D eigenvalue weighted by Crippen LogP contribution is -2.11. The highest BCUT2D eigenvalue weighted by atomic mass is 16.2. The molecule has 0 unspecified atom stereocenters. The number of aromatic amines is 2. The third kappa shape index (κ3) is 3.13. The minimum Gasteiger partial charge on any atom is -0.352 e. The summed E-state index contributed by atoms with van der Waals surface area (Å²) < 4.78 is 0. The van der Waals surface area contributed by atoms with Crippen molar-refractivity contribution in [3.8, 4) is 0 Å². The summed E-state index contributed by atoms with van der Waals surface area (Å²) in [5.41, 5.74) is 3.80. The summed E-state index contributed by atoms with van der Waals surface area (Å²) >= 11 is 0. The predicted octanol–water partition coefficient (Wildman–Crippen LogP) is 4.31. The van der Waals surface area contributed by atoms with Crippen LogP contribution in [0.1, 0.15) is 45.2 Å². The number of H-pyrrole nitrogens is 2. The van der Waals surface area contributed by atoms with Crippen LogP contribution in [-0.2, 0) is 0 Å². The Balaban J connectivity index is 1.61. The van der Waals surface area contributed by atoms with Crippen LogP contribution in [0.2, 0.25) is 0 Å². The van der Waals surface area contributed by atoms with E-state index >= 15 is 0 Å². The number of anilines is 1. The van der Waals surface area contributed by atoms with Crippen molar-refractivity contribution in [2.45, 2.75) is 13.8 Å². The van der Waals surface area contributed by atoms with Gasteiger partial charge in [-0.2, -0.15) is 0 Å². The molecule has 6 heteroatoms. The quantitative estimate of drug-likeness (QED) is 0.474. The number of carbonyl (C=O) groups is 3. The molecular formula is C21H17N3O3. The van der Waals surface area contributed by atoms with Gasteiger partial charge in [0.25, 0.3) is 5.91 Å². The van der Waals surface area contributed by atoms with Crippen LogP contribution in [0.15, 0.2) is 48.5 Å². The number of hydrogen-bond donors (Lipinski definition) is 3. The van der Waals surface area contributed by atoms with E-state index in [1.807, 2.05) is 12.1 Å². The molecular weight excluding hydrogens is 342 g/mol. The van der Waals surface area contributed by atoms with Crippen LogP contribution < -0.4 is 5.32 Å². The highest BCUT2D eigenvalue weighted by molar-refractivity contribution is 6.08. The Labute approximate surface area is 154 Å². The lowest BCUT2D eigenvalue weighted by molar-refractivity contribution is 0.100. The molecule has 0 aliphatic carbocycles. The number of aromatic nitrogens is 2. The summed E-state index contributed by atoms with van der Waals surface area (Å²) in [4.78, 5) is 41.7. The number of hydrogen-bond acceptors (Lipinski definition) is 3. The number of rotatable bonds is 4. The zero-order valence-corrected chi connectivity index (χ0v) is 14.8. The standard InChI is InChI=1S/C21H17N3O3/c1-11(25)13-3-5-17-14(7-13)10-20(24-17)21(27)22-16-4-6-18-15(8-16)9-19(23-18)12(2)26/h3-10,23-24H,1-2H3,(H,22,27). The number of benzene rings is 2. The van der Waals surface area contributed by atoms with Gasteiger partial charge in [-0.1, -0.05) is 0 Å². The van der Waals surface area contributed by atoms with E-state index in [1.165, 1.54) is 13.8 Å².